The minimum Gasteiger partial charge on any atom is -0.508 e. The number of aryl methyl sites for hydroxylation is 3. The number of nitrogens with zero attached hydrogens (tertiary/aromatic N) is 3. The molecule has 1 aliphatic rings. The molecule has 0 aliphatic heterocycles. The molecule has 0 saturated carbocycles. The summed E-state index contributed by atoms with van der Waals surface area (Å²) in [6.07, 6.45) is 2.69. The first-order chi connectivity index (χ1) is 17.3. The molecule has 2 heterocycles. The van der Waals surface area contributed by atoms with Crippen LogP contribution in [0.3, 0.4) is 0 Å². The number of carbonyl (C=O) groups is 3. The Morgan fingerprint density at radius 1 is 1.22 bits per heavy atom. The number of phenols is 1. The van der Waals surface area contributed by atoms with E-state index in [4.69, 9.17) is 0 Å². The van der Waals surface area contributed by atoms with Gasteiger partial charge in [0.1, 0.15) is 5.75 Å². The number of carboxylic acids is 1. The Balaban J connectivity index is 1.51. The zero-order valence-electron chi connectivity index (χ0n) is 19.9. The number of aliphatic carboxylic acids is 1. The number of aromatic hydroxyl groups is 1. The predicted octanol–water partition coefficient (Wildman–Crippen LogP) is 2.68. The van der Waals surface area contributed by atoms with E-state index in [1.807, 2.05) is 12.1 Å². The predicted molar refractivity (Wildman–Crippen MR) is 136 cm³/mol. The van der Waals surface area contributed by atoms with E-state index in [1.54, 1.807) is 37.4 Å². The summed E-state index contributed by atoms with van der Waals surface area (Å²) in [7, 11) is 0. The van der Waals surface area contributed by atoms with Gasteiger partial charge in [0, 0.05) is 12.6 Å². The van der Waals surface area contributed by atoms with Gasteiger partial charge in [0.05, 0.1) is 22.0 Å². The highest BCUT2D eigenvalue weighted by Crippen LogP contribution is 2.30. The Morgan fingerprint density at radius 3 is 2.61 bits per heavy atom. The summed E-state index contributed by atoms with van der Waals surface area (Å²) in [5, 5.41) is 27.7. The van der Waals surface area contributed by atoms with Crippen LogP contribution in [0.15, 0.2) is 35.7 Å². The van der Waals surface area contributed by atoms with E-state index >= 15 is 0 Å². The summed E-state index contributed by atoms with van der Waals surface area (Å²) >= 11 is 1.24. The van der Waals surface area contributed by atoms with Crippen molar-refractivity contribution in [2.24, 2.45) is 0 Å². The number of aromatic nitrogens is 2. The topological polar surface area (TPSA) is 145 Å². The van der Waals surface area contributed by atoms with Crippen LogP contribution in [0.5, 0.6) is 5.75 Å². The summed E-state index contributed by atoms with van der Waals surface area (Å²) in [5.41, 5.74) is 3.16. The van der Waals surface area contributed by atoms with Crippen LogP contribution >= 0.6 is 11.3 Å². The molecule has 188 valence electrons. The lowest BCUT2D eigenvalue weighted by Crippen LogP contribution is -2.49. The number of carbonyl (C=O) groups excluding carboxylic acids is 2. The third kappa shape index (κ3) is 5.30. The second-order valence-electron chi connectivity index (χ2n) is 8.62. The molecule has 36 heavy (non-hydrogen) atoms. The van der Waals surface area contributed by atoms with E-state index < -0.39 is 17.9 Å². The fraction of sp³-hybridized carbons (Fsp3) is 0.320. The summed E-state index contributed by atoms with van der Waals surface area (Å²) in [5.74, 6) is -1.04. The third-order valence-corrected chi connectivity index (χ3v) is 7.09. The van der Waals surface area contributed by atoms with Gasteiger partial charge in [0.15, 0.2) is 6.04 Å². The Morgan fingerprint density at radius 2 is 1.97 bits per heavy atom. The Kier molecular flexibility index (Phi) is 7.49. The summed E-state index contributed by atoms with van der Waals surface area (Å²) in [4.78, 5) is 46.8. The number of amides is 2. The normalized spacial score (nSPS) is 15.4. The lowest BCUT2D eigenvalue weighted by atomic mass is 9.88. The van der Waals surface area contributed by atoms with Crippen LogP contribution < -0.4 is 15.5 Å². The maximum Gasteiger partial charge on any atom is 0.328 e. The van der Waals surface area contributed by atoms with Crippen molar-refractivity contribution < 1.29 is 24.6 Å². The van der Waals surface area contributed by atoms with Crippen LogP contribution in [0.25, 0.3) is 0 Å². The number of rotatable bonds is 9. The molecule has 0 spiro atoms. The van der Waals surface area contributed by atoms with Gasteiger partial charge in [-0.25, -0.2) is 14.8 Å². The van der Waals surface area contributed by atoms with E-state index in [9.17, 15) is 24.6 Å². The number of nitrogens with one attached hydrogen (secondary N) is 2. The Labute approximate surface area is 212 Å². The SMILES string of the molecule is Cc1nc(NC2CCc3cccc(O)c3C2)nc(C)c1N(C=O)[C@@H](CNC(=O)c1cccs1)C(=O)O. The van der Waals surface area contributed by atoms with Crippen LogP contribution in [-0.4, -0.2) is 57.1 Å². The molecule has 2 aromatic heterocycles. The molecule has 0 fully saturated rings. The van der Waals surface area contributed by atoms with Gasteiger partial charge in [-0.1, -0.05) is 18.2 Å². The van der Waals surface area contributed by atoms with E-state index in [-0.39, 0.29) is 24.0 Å². The molecule has 10 nitrogen and oxygen atoms in total. The molecule has 2 atom stereocenters. The highest BCUT2D eigenvalue weighted by Gasteiger charge is 2.30. The average molecular weight is 510 g/mol. The van der Waals surface area contributed by atoms with Crippen LogP contribution in [0.1, 0.15) is 38.6 Å². The molecular formula is C25H27N5O5S. The maximum atomic E-state index is 12.3. The number of thiophene rings is 1. The molecule has 4 rings (SSSR count). The number of carboxylic acid groups (broad SMARTS) is 1. The Bertz CT molecular complexity index is 1260. The molecule has 0 saturated heterocycles. The summed E-state index contributed by atoms with van der Waals surface area (Å²) in [6, 6.07) is 7.55. The number of benzene rings is 1. The number of hydrogen-bond donors (Lipinski definition) is 4. The van der Waals surface area contributed by atoms with Crippen molar-refractivity contribution in [2.75, 3.05) is 16.8 Å². The molecule has 4 N–H and O–H groups in total. The van der Waals surface area contributed by atoms with Gasteiger partial charge in [0.25, 0.3) is 5.91 Å². The minimum absolute atomic E-state index is 0.0110. The van der Waals surface area contributed by atoms with Gasteiger partial charge in [-0.2, -0.15) is 0 Å². The van der Waals surface area contributed by atoms with Gasteiger partial charge in [-0.05, 0) is 61.7 Å². The van der Waals surface area contributed by atoms with Gasteiger partial charge < -0.3 is 20.8 Å². The number of fused-ring (bicyclic) bond motifs is 1. The van der Waals surface area contributed by atoms with Crippen molar-refractivity contribution in [1.29, 1.82) is 0 Å². The van der Waals surface area contributed by atoms with Gasteiger partial charge in [-0.3, -0.25) is 14.5 Å². The van der Waals surface area contributed by atoms with E-state index in [0.29, 0.717) is 35.0 Å². The average Bonchev–Trinajstić information content (AvgIpc) is 3.38. The highest BCUT2D eigenvalue weighted by atomic mass is 32.1. The lowest BCUT2D eigenvalue weighted by Gasteiger charge is -2.29. The monoisotopic (exact) mass is 509 g/mol. The summed E-state index contributed by atoms with van der Waals surface area (Å²) in [6.45, 7) is 3.07. The minimum atomic E-state index is -1.34. The highest BCUT2D eigenvalue weighted by molar-refractivity contribution is 7.12. The van der Waals surface area contributed by atoms with Crippen LogP contribution in [0.4, 0.5) is 11.6 Å². The van der Waals surface area contributed by atoms with Crippen molar-refractivity contribution in [2.45, 2.75) is 45.2 Å². The first-order valence-electron chi connectivity index (χ1n) is 11.5. The molecule has 2 amide bonds. The van der Waals surface area contributed by atoms with E-state index in [1.165, 1.54) is 11.3 Å². The second-order valence-corrected chi connectivity index (χ2v) is 9.57. The largest absolute Gasteiger partial charge is 0.508 e. The van der Waals surface area contributed by atoms with Gasteiger partial charge >= 0.3 is 5.97 Å². The molecule has 1 unspecified atom stereocenters. The van der Waals surface area contributed by atoms with Crippen LogP contribution in [-0.2, 0) is 22.4 Å². The maximum absolute atomic E-state index is 12.3. The smallest absolute Gasteiger partial charge is 0.328 e. The molecule has 1 aliphatic carbocycles. The number of hydrogen-bond acceptors (Lipinski definition) is 8. The van der Waals surface area contributed by atoms with E-state index in [0.717, 1.165) is 28.9 Å². The Hall–Kier alpha value is -3.99. The molecular weight excluding hydrogens is 482 g/mol. The van der Waals surface area contributed by atoms with Crippen molar-refractivity contribution in [3.05, 3.63) is 63.1 Å². The first kappa shape index (κ1) is 25.1. The van der Waals surface area contributed by atoms with Crippen molar-refractivity contribution in [3.63, 3.8) is 0 Å². The second kappa shape index (κ2) is 10.7. The molecule has 1 aromatic carbocycles. The number of phenolic OH excluding ortho intramolecular Hbond substituents is 1. The molecule has 11 heteroatoms. The number of anilines is 2. The third-order valence-electron chi connectivity index (χ3n) is 6.22. The zero-order chi connectivity index (χ0) is 25.8. The van der Waals surface area contributed by atoms with E-state index in [2.05, 4.69) is 20.6 Å². The fourth-order valence-electron chi connectivity index (χ4n) is 4.49. The molecule has 3 aromatic rings. The van der Waals surface area contributed by atoms with Crippen molar-refractivity contribution >= 4 is 41.3 Å². The zero-order valence-corrected chi connectivity index (χ0v) is 20.7. The lowest BCUT2D eigenvalue weighted by molar-refractivity contribution is -0.139. The van der Waals surface area contributed by atoms with Crippen LogP contribution in [0, 0.1) is 13.8 Å². The van der Waals surface area contributed by atoms with Crippen molar-refractivity contribution in [1.82, 2.24) is 15.3 Å². The van der Waals surface area contributed by atoms with Gasteiger partial charge in [0.2, 0.25) is 12.4 Å². The standard InChI is InChI=1S/C25H27N5O5S/c1-14-22(30(13-31)19(24(34)35)12-26-23(33)21-7-4-10-36-21)15(2)28-25(27-14)29-17-9-8-16-5-3-6-20(32)18(16)11-17/h3-7,10,13,17,19,32H,8-9,11-12H2,1-2H3,(H,26,33)(H,34,35)(H,27,28,29)/t17?,19-/m0/s1. The quantitative estimate of drug-likeness (QED) is 0.322. The molecule has 0 radical (unpaired) electrons. The van der Waals surface area contributed by atoms with Crippen molar-refractivity contribution in [3.8, 4) is 5.75 Å². The fourth-order valence-corrected chi connectivity index (χ4v) is 5.13. The molecule has 0 bridgehead atoms. The van der Waals surface area contributed by atoms with Crippen LogP contribution in [0.2, 0.25) is 0 Å². The summed E-state index contributed by atoms with van der Waals surface area (Å²) < 4.78 is 0. The van der Waals surface area contributed by atoms with Gasteiger partial charge in [-0.15, -0.1) is 11.3 Å². The first-order valence-corrected chi connectivity index (χ1v) is 12.4.